The summed E-state index contributed by atoms with van der Waals surface area (Å²) in [5.41, 5.74) is 0.700. The predicted octanol–water partition coefficient (Wildman–Crippen LogP) is 4.03. The van der Waals surface area contributed by atoms with Gasteiger partial charge in [0.05, 0.1) is 5.25 Å². The molecule has 1 aromatic carbocycles. The third-order valence-electron chi connectivity index (χ3n) is 4.30. The molecule has 2 aromatic rings. The highest BCUT2D eigenvalue weighted by Crippen LogP contribution is 2.27. The van der Waals surface area contributed by atoms with Crippen molar-refractivity contribution in [3.05, 3.63) is 29.3 Å². The van der Waals surface area contributed by atoms with Crippen molar-refractivity contribution >= 4 is 35.3 Å². The van der Waals surface area contributed by atoms with E-state index in [0.29, 0.717) is 16.5 Å². The summed E-state index contributed by atoms with van der Waals surface area (Å²) in [5.74, 6) is -0.0848. The minimum atomic E-state index is -0.560. The van der Waals surface area contributed by atoms with E-state index < -0.39 is 17.2 Å². The molecule has 1 fully saturated rings. The Morgan fingerprint density at radius 3 is 2.78 bits per heavy atom. The zero-order valence-corrected chi connectivity index (χ0v) is 16.5. The second-order valence-electron chi connectivity index (χ2n) is 6.44. The van der Waals surface area contributed by atoms with Crippen LogP contribution in [0.3, 0.4) is 0 Å². The zero-order chi connectivity index (χ0) is 19.2. The number of thioether (sulfide) groups is 1. The minimum Gasteiger partial charge on any atom is -0.411 e. The Bertz CT molecular complexity index is 807. The molecule has 9 heteroatoms. The third-order valence-corrected chi connectivity index (χ3v) is 5.47. The molecule has 3 rings (SSSR count). The highest BCUT2D eigenvalue weighted by atomic mass is 35.5. The van der Waals surface area contributed by atoms with Crippen molar-refractivity contribution in [2.24, 2.45) is 0 Å². The van der Waals surface area contributed by atoms with Crippen LogP contribution in [-0.2, 0) is 4.79 Å². The fourth-order valence-electron chi connectivity index (χ4n) is 2.88. The molecule has 1 aliphatic carbocycles. The molecule has 144 valence electrons. The molecule has 3 amide bonds. The van der Waals surface area contributed by atoms with Crippen molar-refractivity contribution < 1.29 is 14.0 Å². The van der Waals surface area contributed by atoms with Gasteiger partial charge in [0, 0.05) is 16.6 Å². The van der Waals surface area contributed by atoms with E-state index in [9.17, 15) is 9.59 Å². The van der Waals surface area contributed by atoms with Gasteiger partial charge in [0.25, 0.3) is 5.22 Å². The monoisotopic (exact) mass is 408 g/mol. The summed E-state index contributed by atoms with van der Waals surface area (Å²) in [6.45, 7) is 1.68. The maximum Gasteiger partial charge on any atom is 0.321 e. The highest BCUT2D eigenvalue weighted by molar-refractivity contribution is 8.00. The van der Waals surface area contributed by atoms with Crippen LogP contribution in [0.15, 0.2) is 33.9 Å². The van der Waals surface area contributed by atoms with Crippen LogP contribution in [0, 0.1) is 0 Å². The largest absolute Gasteiger partial charge is 0.411 e. The fraction of sp³-hybridized carbons (Fsp3) is 0.444. The molecule has 0 radical (unpaired) electrons. The van der Waals surface area contributed by atoms with Crippen LogP contribution < -0.4 is 10.6 Å². The molecule has 27 heavy (non-hydrogen) atoms. The number of imide groups is 1. The number of nitrogens with zero attached hydrogens (tertiary/aromatic N) is 2. The Morgan fingerprint density at radius 1 is 1.26 bits per heavy atom. The van der Waals surface area contributed by atoms with Gasteiger partial charge in [-0.15, -0.1) is 10.2 Å². The van der Waals surface area contributed by atoms with E-state index in [0.717, 1.165) is 37.4 Å². The molecule has 1 atom stereocenters. The maximum atomic E-state index is 12.2. The van der Waals surface area contributed by atoms with Crippen LogP contribution in [0.5, 0.6) is 0 Å². The van der Waals surface area contributed by atoms with Crippen molar-refractivity contribution in [3.63, 3.8) is 0 Å². The van der Waals surface area contributed by atoms with Crippen LogP contribution in [0.4, 0.5) is 4.79 Å². The second kappa shape index (κ2) is 9.23. The zero-order valence-electron chi connectivity index (χ0n) is 14.9. The molecule has 0 aliphatic heterocycles. The average Bonchev–Trinajstić information content (AvgIpc) is 3.11. The van der Waals surface area contributed by atoms with Gasteiger partial charge in [-0.2, -0.15) is 0 Å². The van der Waals surface area contributed by atoms with E-state index in [1.165, 1.54) is 6.42 Å². The van der Waals surface area contributed by atoms with Gasteiger partial charge in [-0.3, -0.25) is 10.1 Å². The van der Waals surface area contributed by atoms with Gasteiger partial charge in [-0.05, 0) is 38.0 Å². The Morgan fingerprint density at radius 2 is 2.04 bits per heavy atom. The number of nitrogens with one attached hydrogen (secondary N) is 2. The number of amides is 3. The normalized spacial score (nSPS) is 15.9. The SMILES string of the molecule is C[C@H](Sc1nnc(-c2cccc(Cl)c2)o1)C(=O)NC(=O)NC1CCCCC1. The number of benzene rings is 1. The lowest BCUT2D eigenvalue weighted by atomic mass is 9.96. The molecular formula is C18H21ClN4O3S. The van der Waals surface area contributed by atoms with Gasteiger partial charge >= 0.3 is 6.03 Å². The van der Waals surface area contributed by atoms with E-state index in [2.05, 4.69) is 20.8 Å². The highest BCUT2D eigenvalue weighted by Gasteiger charge is 2.22. The Kier molecular flexibility index (Phi) is 6.73. The topological polar surface area (TPSA) is 97.1 Å². The van der Waals surface area contributed by atoms with E-state index in [1.54, 1.807) is 31.2 Å². The Hall–Kier alpha value is -2.06. The third kappa shape index (κ3) is 5.71. The van der Waals surface area contributed by atoms with Crippen LogP contribution >= 0.6 is 23.4 Å². The molecule has 0 saturated heterocycles. The number of rotatable bonds is 5. The number of aromatic nitrogens is 2. The lowest BCUT2D eigenvalue weighted by Crippen LogP contribution is -2.47. The lowest BCUT2D eigenvalue weighted by molar-refractivity contribution is -0.119. The van der Waals surface area contributed by atoms with Gasteiger partial charge in [-0.1, -0.05) is 48.7 Å². The first-order chi connectivity index (χ1) is 13.0. The number of hydrogen-bond donors (Lipinski definition) is 2. The Labute approximate surface area is 166 Å². The van der Waals surface area contributed by atoms with Crippen LogP contribution in [-0.4, -0.2) is 33.4 Å². The quantitative estimate of drug-likeness (QED) is 0.725. The van der Waals surface area contributed by atoms with Gasteiger partial charge in [0.2, 0.25) is 11.8 Å². The molecule has 0 bridgehead atoms. The van der Waals surface area contributed by atoms with Crippen LogP contribution in [0.2, 0.25) is 5.02 Å². The number of hydrogen-bond acceptors (Lipinski definition) is 6. The summed E-state index contributed by atoms with van der Waals surface area (Å²) in [5, 5.41) is 13.4. The summed E-state index contributed by atoms with van der Waals surface area (Å²) in [4.78, 5) is 24.2. The molecule has 1 aromatic heterocycles. The number of urea groups is 1. The summed E-state index contributed by atoms with van der Waals surface area (Å²) in [6, 6.07) is 6.75. The van der Waals surface area contributed by atoms with Crippen molar-refractivity contribution in [1.29, 1.82) is 0 Å². The maximum absolute atomic E-state index is 12.2. The molecule has 2 N–H and O–H groups in total. The lowest BCUT2D eigenvalue weighted by Gasteiger charge is -2.22. The first-order valence-electron chi connectivity index (χ1n) is 8.89. The minimum absolute atomic E-state index is 0.144. The van der Waals surface area contributed by atoms with Gasteiger partial charge < -0.3 is 9.73 Å². The van der Waals surface area contributed by atoms with E-state index in [4.69, 9.17) is 16.0 Å². The Balaban J connectivity index is 1.51. The predicted molar refractivity (Wildman–Crippen MR) is 104 cm³/mol. The number of carbonyl (C=O) groups excluding carboxylic acids is 2. The average molecular weight is 409 g/mol. The summed E-state index contributed by atoms with van der Waals surface area (Å²) in [6.07, 6.45) is 5.34. The fourth-order valence-corrected chi connectivity index (χ4v) is 3.76. The first kappa shape index (κ1) is 19.7. The number of halogens is 1. The summed E-state index contributed by atoms with van der Waals surface area (Å²) in [7, 11) is 0. The second-order valence-corrected chi connectivity index (χ2v) is 8.17. The van der Waals surface area contributed by atoms with E-state index in [1.807, 2.05) is 0 Å². The van der Waals surface area contributed by atoms with Crippen molar-refractivity contribution in [3.8, 4) is 11.5 Å². The van der Waals surface area contributed by atoms with Crippen molar-refractivity contribution in [2.75, 3.05) is 0 Å². The molecule has 1 heterocycles. The van der Waals surface area contributed by atoms with E-state index >= 15 is 0 Å². The molecular weight excluding hydrogens is 388 g/mol. The van der Waals surface area contributed by atoms with E-state index in [-0.39, 0.29) is 11.3 Å². The summed E-state index contributed by atoms with van der Waals surface area (Å²) < 4.78 is 5.57. The number of carbonyl (C=O) groups is 2. The smallest absolute Gasteiger partial charge is 0.321 e. The molecule has 1 aliphatic rings. The van der Waals surface area contributed by atoms with Gasteiger partial charge in [0.1, 0.15) is 0 Å². The van der Waals surface area contributed by atoms with Crippen molar-refractivity contribution in [2.45, 2.75) is 55.5 Å². The summed E-state index contributed by atoms with van der Waals surface area (Å²) >= 11 is 7.05. The van der Waals surface area contributed by atoms with Gasteiger partial charge in [-0.25, -0.2) is 4.79 Å². The molecule has 0 spiro atoms. The van der Waals surface area contributed by atoms with Crippen LogP contribution in [0.1, 0.15) is 39.0 Å². The molecule has 0 unspecified atom stereocenters. The molecule has 1 saturated carbocycles. The first-order valence-corrected chi connectivity index (χ1v) is 10.1. The standard InChI is InChI=1S/C18H21ClN4O3S/c1-11(15(24)21-17(25)20-14-8-3-2-4-9-14)27-18-23-22-16(26-18)12-6-5-7-13(19)10-12/h5-7,10-11,14H,2-4,8-9H2,1H3,(H2,20,21,24,25)/t11-/m0/s1. The van der Waals surface area contributed by atoms with Crippen LogP contribution in [0.25, 0.3) is 11.5 Å². The molecule has 7 nitrogen and oxygen atoms in total. The van der Waals surface area contributed by atoms with Crippen molar-refractivity contribution in [1.82, 2.24) is 20.8 Å². The van der Waals surface area contributed by atoms with Gasteiger partial charge in [0.15, 0.2) is 0 Å².